The molecule has 2 heterocycles. The van der Waals surface area contributed by atoms with E-state index in [1.54, 1.807) is 12.3 Å². The highest BCUT2D eigenvalue weighted by Gasteiger charge is 2.05. The first-order valence-corrected chi connectivity index (χ1v) is 6.07. The van der Waals surface area contributed by atoms with Gasteiger partial charge in [0.1, 0.15) is 11.9 Å². The average Bonchev–Trinajstić information content (AvgIpc) is 2.46. The van der Waals surface area contributed by atoms with Crippen LogP contribution in [0.3, 0.4) is 0 Å². The number of aromatic nitrogens is 2. The first-order valence-electron chi connectivity index (χ1n) is 6.07. The van der Waals surface area contributed by atoms with Crippen molar-refractivity contribution in [2.75, 3.05) is 11.1 Å². The van der Waals surface area contributed by atoms with Crippen LogP contribution in [-0.2, 0) is 13.0 Å². The van der Waals surface area contributed by atoms with Crippen molar-refractivity contribution in [1.82, 2.24) is 9.97 Å². The lowest BCUT2D eigenvalue weighted by molar-refractivity contribution is 0.965. The lowest BCUT2D eigenvalue weighted by Gasteiger charge is -2.10. The van der Waals surface area contributed by atoms with Crippen molar-refractivity contribution < 1.29 is 0 Å². The molecular weight excluding hydrogens is 238 g/mol. The van der Waals surface area contributed by atoms with E-state index in [0.717, 1.165) is 12.1 Å². The van der Waals surface area contributed by atoms with Gasteiger partial charge in [-0.3, -0.25) is 4.98 Å². The van der Waals surface area contributed by atoms with Gasteiger partial charge in [0.05, 0.1) is 23.5 Å². The summed E-state index contributed by atoms with van der Waals surface area (Å²) in [7, 11) is 0. The topological polar surface area (TPSA) is 87.6 Å². The third-order valence-corrected chi connectivity index (χ3v) is 2.83. The van der Waals surface area contributed by atoms with Crippen molar-refractivity contribution in [1.29, 1.82) is 5.26 Å². The van der Waals surface area contributed by atoms with E-state index in [1.807, 2.05) is 12.1 Å². The van der Waals surface area contributed by atoms with Gasteiger partial charge in [0.15, 0.2) is 0 Å². The Balaban J connectivity index is 2.13. The highest BCUT2D eigenvalue weighted by atomic mass is 15.0. The van der Waals surface area contributed by atoms with Gasteiger partial charge in [-0.1, -0.05) is 13.0 Å². The highest BCUT2D eigenvalue weighted by Crippen LogP contribution is 2.17. The summed E-state index contributed by atoms with van der Waals surface area (Å²) in [6, 6.07) is 7.59. The van der Waals surface area contributed by atoms with Crippen molar-refractivity contribution in [3.63, 3.8) is 0 Å². The zero-order valence-electron chi connectivity index (χ0n) is 10.7. The summed E-state index contributed by atoms with van der Waals surface area (Å²) >= 11 is 0. The average molecular weight is 253 g/mol. The molecule has 19 heavy (non-hydrogen) atoms. The molecule has 2 aromatic rings. The van der Waals surface area contributed by atoms with Crippen LogP contribution in [0.25, 0.3) is 0 Å². The van der Waals surface area contributed by atoms with E-state index in [1.165, 1.54) is 11.8 Å². The third-order valence-electron chi connectivity index (χ3n) is 2.83. The molecule has 0 atom stereocenters. The van der Waals surface area contributed by atoms with E-state index in [9.17, 15) is 0 Å². The smallest absolute Gasteiger partial charge is 0.149 e. The monoisotopic (exact) mass is 253 g/mol. The van der Waals surface area contributed by atoms with Gasteiger partial charge in [0.25, 0.3) is 0 Å². The zero-order chi connectivity index (χ0) is 13.7. The van der Waals surface area contributed by atoms with Gasteiger partial charge in [-0.15, -0.1) is 0 Å². The summed E-state index contributed by atoms with van der Waals surface area (Å²) in [5.41, 5.74) is 8.93. The molecule has 0 saturated carbocycles. The SMILES string of the molecule is CCc1cccnc1CNc1ncc(C#N)cc1N. The molecular formula is C14H15N5. The summed E-state index contributed by atoms with van der Waals surface area (Å²) in [5.74, 6) is 0.576. The Hall–Kier alpha value is -2.61. The van der Waals surface area contributed by atoms with Gasteiger partial charge in [-0.25, -0.2) is 4.98 Å². The second-order valence-corrected chi connectivity index (χ2v) is 4.09. The standard InChI is InChI=1S/C14H15N5/c1-2-11-4-3-5-17-13(11)9-19-14-12(16)6-10(7-15)8-18-14/h3-6,8H,2,9,16H2,1H3,(H,18,19). The fraction of sp³-hybridized carbons (Fsp3) is 0.214. The molecule has 0 saturated heterocycles. The number of nitrogens with zero attached hydrogens (tertiary/aromatic N) is 3. The van der Waals surface area contributed by atoms with Crippen LogP contribution in [0, 0.1) is 11.3 Å². The molecule has 5 heteroatoms. The Morgan fingerprint density at radius 2 is 2.26 bits per heavy atom. The lowest BCUT2D eigenvalue weighted by Crippen LogP contribution is -2.08. The Labute approximate surface area is 112 Å². The molecule has 2 aromatic heterocycles. The van der Waals surface area contributed by atoms with Crippen LogP contribution < -0.4 is 11.1 Å². The molecule has 0 fully saturated rings. The Bertz CT molecular complexity index is 615. The fourth-order valence-electron chi connectivity index (χ4n) is 1.81. The molecule has 2 rings (SSSR count). The molecule has 3 N–H and O–H groups in total. The Morgan fingerprint density at radius 3 is 2.95 bits per heavy atom. The molecule has 96 valence electrons. The quantitative estimate of drug-likeness (QED) is 0.871. The lowest BCUT2D eigenvalue weighted by atomic mass is 10.1. The van der Waals surface area contributed by atoms with Crippen LogP contribution >= 0.6 is 0 Å². The van der Waals surface area contributed by atoms with E-state index < -0.39 is 0 Å². The summed E-state index contributed by atoms with van der Waals surface area (Å²) in [6.45, 7) is 2.65. The van der Waals surface area contributed by atoms with Gasteiger partial charge in [0, 0.05) is 12.4 Å². The van der Waals surface area contributed by atoms with Crippen LogP contribution in [0.5, 0.6) is 0 Å². The number of aryl methyl sites for hydroxylation is 1. The molecule has 0 unspecified atom stereocenters. The maximum absolute atomic E-state index is 8.75. The highest BCUT2D eigenvalue weighted by molar-refractivity contribution is 5.63. The molecule has 0 amide bonds. The molecule has 0 aliphatic carbocycles. The van der Waals surface area contributed by atoms with Gasteiger partial charge in [0.2, 0.25) is 0 Å². The molecule has 0 aliphatic rings. The van der Waals surface area contributed by atoms with Gasteiger partial charge in [-0.05, 0) is 24.1 Å². The van der Waals surface area contributed by atoms with E-state index in [4.69, 9.17) is 11.0 Å². The van der Waals surface area contributed by atoms with E-state index in [0.29, 0.717) is 23.6 Å². The van der Waals surface area contributed by atoms with E-state index >= 15 is 0 Å². The number of nitrogens with one attached hydrogen (secondary N) is 1. The number of hydrogen-bond donors (Lipinski definition) is 2. The number of hydrogen-bond acceptors (Lipinski definition) is 5. The predicted molar refractivity (Wildman–Crippen MR) is 74.3 cm³/mol. The minimum atomic E-state index is 0.454. The predicted octanol–water partition coefficient (Wildman–Crippen LogP) is 2.10. The number of nitrogen functional groups attached to an aromatic ring is 1. The van der Waals surface area contributed by atoms with Crippen molar-refractivity contribution in [3.8, 4) is 6.07 Å². The zero-order valence-corrected chi connectivity index (χ0v) is 10.7. The van der Waals surface area contributed by atoms with E-state index in [2.05, 4.69) is 28.3 Å². The third kappa shape index (κ3) is 2.99. The van der Waals surface area contributed by atoms with Crippen LogP contribution in [0.15, 0.2) is 30.6 Å². The summed E-state index contributed by atoms with van der Waals surface area (Å²) in [6.07, 6.45) is 4.20. The largest absolute Gasteiger partial charge is 0.396 e. The number of rotatable bonds is 4. The molecule has 0 bridgehead atoms. The Morgan fingerprint density at radius 1 is 1.42 bits per heavy atom. The normalized spacial score (nSPS) is 9.89. The number of anilines is 2. The summed E-state index contributed by atoms with van der Waals surface area (Å²) in [4.78, 5) is 8.48. The van der Waals surface area contributed by atoms with Gasteiger partial charge in [-0.2, -0.15) is 5.26 Å². The summed E-state index contributed by atoms with van der Waals surface area (Å²) in [5, 5.41) is 11.9. The van der Waals surface area contributed by atoms with Gasteiger partial charge >= 0.3 is 0 Å². The second kappa shape index (κ2) is 5.83. The fourth-order valence-corrected chi connectivity index (χ4v) is 1.81. The molecule has 0 spiro atoms. The number of nitriles is 1. The summed E-state index contributed by atoms with van der Waals surface area (Å²) < 4.78 is 0. The Kier molecular flexibility index (Phi) is 3.94. The molecule has 0 aromatic carbocycles. The first-order chi connectivity index (χ1) is 9.24. The first kappa shape index (κ1) is 12.8. The maximum atomic E-state index is 8.75. The van der Waals surface area contributed by atoms with Crippen molar-refractivity contribution >= 4 is 11.5 Å². The maximum Gasteiger partial charge on any atom is 0.149 e. The van der Waals surface area contributed by atoms with Crippen molar-refractivity contribution in [2.24, 2.45) is 0 Å². The van der Waals surface area contributed by atoms with Crippen molar-refractivity contribution in [2.45, 2.75) is 19.9 Å². The van der Waals surface area contributed by atoms with Crippen LogP contribution in [0.2, 0.25) is 0 Å². The minimum absolute atomic E-state index is 0.454. The molecule has 0 aliphatic heterocycles. The minimum Gasteiger partial charge on any atom is -0.396 e. The van der Waals surface area contributed by atoms with Crippen molar-refractivity contribution in [3.05, 3.63) is 47.4 Å². The number of pyridine rings is 2. The number of nitrogens with two attached hydrogens (primary N) is 1. The second-order valence-electron chi connectivity index (χ2n) is 4.09. The van der Waals surface area contributed by atoms with Gasteiger partial charge < -0.3 is 11.1 Å². The van der Waals surface area contributed by atoms with Crippen LogP contribution in [-0.4, -0.2) is 9.97 Å². The van der Waals surface area contributed by atoms with E-state index in [-0.39, 0.29) is 0 Å². The van der Waals surface area contributed by atoms with Crippen LogP contribution in [0.1, 0.15) is 23.7 Å². The molecule has 0 radical (unpaired) electrons. The molecule has 5 nitrogen and oxygen atoms in total. The van der Waals surface area contributed by atoms with Crippen LogP contribution in [0.4, 0.5) is 11.5 Å².